The lowest BCUT2D eigenvalue weighted by molar-refractivity contribution is -0.143. The van der Waals surface area contributed by atoms with E-state index in [1.54, 1.807) is 11.5 Å². The second-order valence-electron chi connectivity index (χ2n) is 7.19. The predicted octanol–water partition coefficient (Wildman–Crippen LogP) is 2.75. The van der Waals surface area contributed by atoms with Gasteiger partial charge in [-0.3, -0.25) is 14.4 Å². The number of carbonyl (C=O) groups excluding carboxylic acids is 3. The quantitative estimate of drug-likeness (QED) is 0.607. The van der Waals surface area contributed by atoms with Crippen molar-refractivity contribution in [2.24, 2.45) is 4.99 Å². The van der Waals surface area contributed by atoms with Gasteiger partial charge in [0.15, 0.2) is 4.80 Å². The molecule has 1 fully saturated rings. The highest BCUT2D eigenvalue weighted by atomic mass is 32.2. The minimum Gasteiger partial charge on any atom is -0.465 e. The van der Waals surface area contributed by atoms with E-state index >= 15 is 0 Å². The maximum Gasteiger partial charge on any atom is 0.326 e. The fourth-order valence-electron chi connectivity index (χ4n) is 3.35. The van der Waals surface area contributed by atoms with Crippen molar-refractivity contribution in [1.82, 2.24) is 9.47 Å². The van der Waals surface area contributed by atoms with Gasteiger partial charge in [0, 0.05) is 13.1 Å². The summed E-state index contributed by atoms with van der Waals surface area (Å²) in [5.41, 5.74) is 1.94. The van der Waals surface area contributed by atoms with Crippen LogP contribution in [0.5, 0.6) is 0 Å². The molecule has 1 aromatic heterocycles. The smallest absolute Gasteiger partial charge is 0.326 e. The Balaban J connectivity index is 1.71. The molecule has 7 nitrogen and oxygen atoms in total. The van der Waals surface area contributed by atoms with Crippen LogP contribution >= 0.6 is 23.1 Å². The van der Waals surface area contributed by atoms with Crippen LogP contribution < -0.4 is 4.80 Å². The van der Waals surface area contributed by atoms with E-state index in [4.69, 9.17) is 4.74 Å². The number of hydrogen-bond donors (Lipinski definition) is 0. The number of esters is 1. The highest BCUT2D eigenvalue weighted by molar-refractivity contribution is 8.00. The highest BCUT2D eigenvalue weighted by Gasteiger charge is 2.17. The van der Waals surface area contributed by atoms with Crippen molar-refractivity contribution in [1.29, 1.82) is 0 Å². The number of piperidine rings is 1. The number of nitrogens with zero attached hydrogens (tertiary/aromatic N) is 3. The van der Waals surface area contributed by atoms with Crippen LogP contribution in [0.4, 0.5) is 0 Å². The van der Waals surface area contributed by atoms with Crippen molar-refractivity contribution in [2.45, 2.75) is 39.7 Å². The number of hydrogen-bond acceptors (Lipinski definition) is 6. The predicted molar refractivity (Wildman–Crippen MR) is 120 cm³/mol. The van der Waals surface area contributed by atoms with E-state index in [0.29, 0.717) is 11.4 Å². The number of rotatable bonds is 7. The van der Waals surface area contributed by atoms with Crippen LogP contribution in [0.2, 0.25) is 0 Å². The number of thiazole rings is 1. The molecule has 0 radical (unpaired) electrons. The van der Waals surface area contributed by atoms with Gasteiger partial charge >= 0.3 is 5.97 Å². The molecular weight excluding hydrogens is 422 g/mol. The van der Waals surface area contributed by atoms with Crippen molar-refractivity contribution in [2.75, 3.05) is 31.2 Å². The first kappa shape index (κ1) is 22.6. The van der Waals surface area contributed by atoms with Gasteiger partial charge in [-0.15, -0.1) is 11.8 Å². The zero-order chi connectivity index (χ0) is 21.5. The van der Waals surface area contributed by atoms with E-state index in [0.717, 1.165) is 41.7 Å². The lowest BCUT2D eigenvalue weighted by Crippen LogP contribution is -2.36. The largest absolute Gasteiger partial charge is 0.465 e. The molecule has 30 heavy (non-hydrogen) atoms. The molecule has 3 rings (SSSR count). The molecule has 1 aliphatic rings. The third-order valence-corrected chi connectivity index (χ3v) is 6.75. The summed E-state index contributed by atoms with van der Waals surface area (Å²) in [6.45, 7) is 5.68. The zero-order valence-corrected chi connectivity index (χ0v) is 19.0. The molecule has 162 valence electrons. The summed E-state index contributed by atoms with van der Waals surface area (Å²) < 4.78 is 7.75. The van der Waals surface area contributed by atoms with Crippen molar-refractivity contribution in [3.63, 3.8) is 0 Å². The van der Waals surface area contributed by atoms with Crippen LogP contribution in [-0.4, -0.2) is 58.5 Å². The van der Waals surface area contributed by atoms with Crippen LogP contribution in [0, 0.1) is 6.92 Å². The SMILES string of the molecule is CCOC(=O)Cn1c(=NC(=O)CSCC(=O)N2CCCCC2)sc2cc(C)ccc21. The summed E-state index contributed by atoms with van der Waals surface area (Å²) in [6, 6.07) is 5.90. The van der Waals surface area contributed by atoms with E-state index in [2.05, 4.69) is 4.99 Å². The minimum absolute atomic E-state index is 0.00357. The van der Waals surface area contributed by atoms with Crippen LogP contribution in [0.1, 0.15) is 31.7 Å². The number of amides is 2. The molecule has 0 N–H and O–H groups in total. The molecule has 9 heteroatoms. The van der Waals surface area contributed by atoms with Crippen LogP contribution in [-0.2, 0) is 25.7 Å². The summed E-state index contributed by atoms with van der Waals surface area (Å²) >= 11 is 2.66. The second-order valence-corrected chi connectivity index (χ2v) is 9.18. The molecule has 1 saturated heterocycles. The fraction of sp³-hybridized carbons (Fsp3) is 0.524. The number of thioether (sulfide) groups is 1. The van der Waals surface area contributed by atoms with E-state index in [9.17, 15) is 14.4 Å². The Labute approximate surface area is 184 Å². The average molecular weight is 450 g/mol. The van der Waals surface area contributed by atoms with Crippen LogP contribution in [0.15, 0.2) is 23.2 Å². The molecule has 1 aliphatic heterocycles. The molecule has 0 bridgehead atoms. The van der Waals surface area contributed by atoms with Crippen LogP contribution in [0.3, 0.4) is 0 Å². The molecule has 2 amide bonds. The van der Waals surface area contributed by atoms with E-state index in [-0.39, 0.29) is 35.8 Å². The van der Waals surface area contributed by atoms with Crippen molar-refractivity contribution < 1.29 is 19.1 Å². The Morgan fingerprint density at radius 3 is 2.67 bits per heavy atom. The number of aromatic nitrogens is 1. The highest BCUT2D eigenvalue weighted by Crippen LogP contribution is 2.19. The summed E-state index contributed by atoms with van der Waals surface area (Å²) in [7, 11) is 0. The Morgan fingerprint density at radius 1 is 1.17 bits per heavy atom. The van der Waals surface area contributed by atoms with Gasteiger partial charge in [0.2, 0.25) is 5.91 Å². The van der Waals surface area contributed by atoms with Crippen molar-refractivity contribution in [3.05, 3.63) is 28.6 Å². The van der Waals surface area contributed by atoms with Crippen LogP contribution in [0.25, 0.3) is 10.2 Å². The average Bonchev–Trinajstić information content (AvgIpc) is 3.04. The number of ether oxygens (including phenoxy) is 1. The summed E-state index contributed by atoms with van der Waals surface area (Å²) in [6.07, 6.45) is 3.28. The Kier molecular flexibility index (Phi) is 8.09. The lowest BCUT2D eigenvalue weighted by Gasteiger charge is -2.26. The molecule has 0 atom stereocenters. The Bertz CT molecular complexity index is 990. The molecular formula is C21H27N3O4S2. The van der Waals surface area contributed by atoms with E-state index < -0.39 is 0 Å². The molecule has 2 aromatic rings. The van der Waals surface area contributed by atoms with Gasteiger partial charge in [-0.2, -0.15) is 4.99 Å². The third kappa shape index (κ3) is 5.95. The molecule has 0 unspecified atom stereocenters. The summed E-state index contributed by atoms with van der Waals surface area (Å²) in [4.78, 5) is 43.3. The monoisotopic (exact) mass is 449 g/mol. The second kappa shape index (κ2) is 10.8. The number of likely N-dealkylation sites (tertiary alicyclic amines) is 1. The van der Waals surface area contributed by atoms with Crippen molar-refractivity contribution >= 4 is 51.1 Å². The fourth-order valence-corrected chi connectivity index (χ4v) is 5.20. The van der Waals surface area contributed by atoms with E-state index in [1.165, 1.54) is 29.5 Å². The molecule has 2 heterocycles. The molecule has 1 aromatic carbocycles. The van der Waals surface area contributed by atoms with Gasteiger partial charge in [-0.05, 0) is 50.8 Å². The number of carbonyl (C=O) groups is 3. The summed E-state index contributed by atoms with van der Waals surface area (Å²) in [5.74, 6) is -0.176. The lowest BCUT2D eigenvalue weighted by atomic mass is 10.1. The molecule has 0 spiro atoms. The molecule has 0 aliphatic carbocycles. The number of fused-ring (bicyclic) bond motifs is 1. The molecule has 0 saturated carbocycles. The third-order valence-electron chi connectivity index (χ3n) is 4.81. The topological polar surface area (TPSA) is 81.0 Å². The first-order valence-electron chi connectivity index (χ1n) is 10.2. The summed E-state index contributed by atoms with van der Waals surface area (Å²) in [5, 5.41) is 0. The zero-order valence-electron chi connectivity index (χ0n) is 17.4. The number of aryl methyl sites for hydroxylation is 1. The van der Waals surface area contributed by atoms with Gasteiger partial charge < -0.3 is 14.2 Å². The van der Waals surface area contributed by atoms with Gasteiger partial charge in [-0.25, -0.2) is 0 Å². The normalized spacial score (nSPS) is 14.9. The first-order valence-corrected chi connectivity index (χ1v) is 12.1. The first-order chi connectivity index (χ1) is 14.5. The standard InChI is InChI=1S/C21H27N3O4S2/c1-3-28-20(27)12-24-16-8-7-15(2)11-17(16)30-21(24)22-18(25)13-29-14-19(26)23-9-5-4-6-10-23/h7-8,11H,3-6,9-10,12-14H2,1-2H3. The van der Waals surface area contributed by atoms with Gasteiger partial charge in [0.25, 0.3) is 5.91 Å². The Hall–Kier alpha value is -2.13. The number of benzene rings is 1. The van der Waals surface area contributed by atoms with E-state index in [1.807, 2.05) is 30.0 Å². The van der Waals surface area contributed by atoms with Crippen molar-refractivity contribution in [3.8, 4) is 0 Å². The van der Waals surface area contributed by atoms with Gasteiger partial charge in [0.05, 0.1) is 28.3 Å². The maximum atomic E-state index is 12.4. The maximum absolute atomic E-state index is 12.4. The van der Waals surface area contributed by atoms with Gasteiger partial charge in [-0.1, -0.05) is 17.4 Å². The Morgan fingerprint density at radius 2 is 1.93 bits per heavy atom. The minimum atomic E-state index is -0.367. The van der Waals surface area contributed by atoms with Gasteiger partial charge in [0.1, 0.15) is 6.54 Å².